The fourth-order valence-electron chi connectivity index (χ4n) is 3.72. The van der Waals surface area contributed by atoms with Gasteiger partial charge >= 0.3 is 0 Å². The number of hydrogen-bond acceptors (Lipinski definition) is 2. The van der Waals surface area contributed by atoms with Gasteiger partial charge in [-0.3, -0.25) is 0 Å². The lowest BCUT2D eigenvalue weighted by Crippen LogP contribution is -2.33. The molecule has 2 aliphatic rings. The molecule has 1 N–H and O–H groups in total. The van der Waals surface area contributed by atoms with Gasteiger partial charge in [0.2, 0.25) is 0 Å². The number of nitrogens with one attached hydrogen (secondary N) is 1. The van der Waals surface area contributed by atoms with Gasteiger partial charge in [-0.05, 0) is 59.5 Å². The Kier molecular flexibility index (Phi) is 2.44. The van der Waals surface area contributed by atoms with E-state index in [4.69, 9.17) is 4.74 Å². The summed E-state index contributed by atoms with van der Waals surface area (Å²) in [6.45, 7) is 13.4. The molecule has 1 saturated carbocycles. The molecule has 1 saturated heterocycles. The van der Waals surface area contributed by atoms with Crippen LogP contribution in [0.3, 0.4) is 0 Å². The predicted octanol–water partition coefficient (Wildman–Crippen LogP) is 2.58. The average molecular weight is 211 g/mol. The second-order valence-corrected chi connectivity index (χ2v) is 6.41. The molecule has 1 aliphatic heterocycles. The Morgan fingerprint density at radius 1 is 1.27 bits per heavy atom. The summed E-state index contributed by atoms with van der Waals surface area (Å²) >= 11 is 0. The van der Waals surface area contributed by atoms with Gasteiger partial charge in [-0.2, -0.15) is 0 Å². The highest BCUT2D eigenvalue weighted by Gasteiger charge is 2.69. The van der Waals surface area contributed by atoms with Crippen LogP contribution in [0.15, 0.2) is 0 Å². The molecule has 15 heavy (non-hydrogen) atoms. The lowest BCUT2D eigenvalue weighted by atomic mass is 9.82. The summed E-state index contributed by atoms with van der Waals surface area (Å²) in [5.41, 5.74) is 0.597. The molecule has 2 fully saturated rings. The van der Waals surface area contributed by atoms with Crippen LogP contribution in [-0.4, -0.2) is 24.3 Å². The van der Waals surface area contributed by atoms with Gasteiger partial charge in [0.1, 0.15) is 0 Å². The predicted molar refractivity (Wildman–Crippen MR) is 62.9 cm³/mol. The van der Waals surface area contributed by atoms with Gasteiger partial charge in [0.25, 0.3) is 0 Å². The first-order chi connectivity index (χ1) is 6.83. The molecule has 0 radical (unpaired) electrons. The van der Waals surface area contributed by atoms with Crippen molar-refractivity contribution >= 4 is 0 Å². The van der Waals surface area contributed by atoms with E-state index in [2.05, 4.69) is 39.9 Å². The summed E-state index contributed by atoms with van der Waals surface area (Å²) in [6, 6.07) is 0. The molecule has 1 heterocycles. The minimum atomic E-state index is 0.0661. The van der Waals surface area contributed by atoms with Crippen molar-refractivity contribution in [2.45, 2.75) is 58.7 Å². The molecule has 1 aliphatic carbocycles. The second kappa shape index (κ2) is 3.21. The molecule has 88 valence electrons. The Labute approximate surface area is 93.8 Å². The standard InChI is InChI=1S/C13H25NO/c1-6-14-8-10-7-13(10)9-11(2,3)15-12(13,4)5/h10,14H,6-9H2,1-5H3. The van der Waals surface area contributed by atoms with E-state index in [0.29, 0.717) is 5.41 Å². The Balaban J connectivity index is 2.05. The van der Waals surface area contributed by atoms with Gasteiger partial charge in [-0.25, -0.2) is 0 Å². The van der Waals surface area contributed by atoms with E-state index in [1.807, 2.05) is 0 Å². The maximum atomic E-state index is 6.20. The lowest BCUT2D eigenvalue weighted by Gasteiger charge is -2.28. The first-order valence-electron chi connectivity index (χ1n) is 6.24. The van der Waals surface area contributed by atoms with Crippen molar-refractivity contribution in [3.63, 3.8) is 0 Å². The van der Waals surface area contributed by atoms with Crippen LogP contribution in [0.5, 0.6) is 0 Å². The Morgan fingerprint density at radius 3 is 2.40 bits per heavy atom. The number of hydrogen-bond donors (Lipinski definition) is 1. The molecule has 0 aromatic rings. The normalized spacial score (nSPS) is 41.0. The van der Waals surface area contributed by atoms with Crippen molar-refractivity contribution in [1.82, 2.24) is 5.32 Å². The first kappa shape index (κ1) is 11.4. The fourth-order valence-corrected chi connectivity index (χ4v) is 3.72. The summed E-state index contributed by atoms with van der Waals surface area (Å²) < 4.78 is 6.20. The molecule has 2 nitrogen and oxygen atoms in total. The molecular weight excluding hydrogens is 186 g/mol. The number of ether oxygens (including phenoxy) is 1. The fraction of sp³-hybridized carbons (Fsp3) is 1.00. The van der Waals surface area contributed by atoms with E-state index in [1.165, 1.54) is 19.4 Å². The second-order valence-electron chi connectivity index (χ2n) is 6.41. The van der Waals surface area contributed by atoms with Crippen molar-refractivity contribution in [3.05, 3.63) is 0 Å². The highest BCUT2D eigenvalue weighted by molar-refractivity contribution is 5.18. The van der Waals surface area contributed by atoms with Gasteiger partial charge in [-0.1, -0.05) is 6.92 Å². The van der Waals surface area contributed by atoms with Crippen LogP contribution >= 0.6 is 0 Å². The Bertz CT molecular complexity index is 259. The molecule has 0 bridgehead atoms. The van der Waals surface area contributed by atoms with Crippen molar-refractivity contribution in [3.8, 4) is 0 Å². The average Bonchev–Trinajstić information content (AvgIpc) is 2.68. The van der Waals surface area contributed by atoms with Gasteiger partial charge in [0.15, 0.2) is 0 Å². The molecule has 2 unspecified atom stereocenters. The largest absolute Gasteiger partial charge is 0.369 e. The van der Waals surface area contributed by atoms with E-state index in [0.717, 1.165) is 12.5 Å². The Hall–Kier alpha value is -0.0800. The summed E-state index contributed by atoms with van der Waals surface area (Å²) in [6.07, 6.45) is 2.57. The lowest BCUT2D eigenvalue weighted by molar-refractivity contribution is -0.0798. The highest BCUT2D eigenvalue weighted by atomic mass is 16.5. The van der Waals surface area contributed by atoms with E-state index in [-0.39, 0.29) is 11.2 Å². The van der Waals surface area contributed by atoms with Crippen LogP contribution in [-0.2, 0) is 4.74 Å². The topological polar surface area (TPSA) is 21.3 Å². The van der Waals surface area contributed by atoms with Crippen LogP contribution < -0.4 is 5.32 Å². The summed E-state index contributed by atoms with van der Waals surface area (Å²) in [7, 11) is 0. The molecule has 2 rings (SSSR count). The molecule has 2 atom stereocenters. The zero-order valence-corrected chi connectivity index (χ0v) is 10.8. The van der Waals surface area contributed by atoms with Crippen LogP contribution in [0.4, 0.5) is 0 Å². The third kappa shape index (κ3) is 1.72. The molecule has 1 spiro atoms. The van der Waals surface area contributed by atoms with Crippen LogP contribution in [0, 0.1) is 11.3 Å². The third-order valence-electron chi connectivity index (χ3n) is 4.34. The molecule has 0 amide bonds. The summed E-state index contributed by atoms with van der Waals surface area (Å²) in [4.78, 5) is 0. The first-order valence-corrected chi connectivity index (χ1v) is 6.24. The van der Waals surface area contributed by atoms with Crippen LogP contribution in [0.2, 0.25) is 0 Å². The monoisotopic (exact) mass is 211 g/mol. The molecule has 2 heteroatoms. The van der Waals surface area contributed by atoms with Crippen molar-refractivity contribution < 1.29 is 4.74 Å². The van der Waals surface area contributed by atoms with Crippen LogP contribution in [0.1, 0.15) is 47.5 Å². The SMILES string of the molecule is CCNCC1CC12CC(C)(C)OC2(C)C. The van der Waals surface area contributed by atoms with Gasteiger partial charge in [-0.15, -0.1) is 0 Å². The molecule has 0 aromatic carbocycles. The van der Waals surface area contributed by atoms with E-state index in [9.17, 15) is 0 Å². The Morgan fingerprint density at radius 2 is 1.93 bits per heavy atom. The van der Waals surface area contributed by atoms with Crippen molar-refractivity contribution in [2.24, 2.45) is 11.3 Å². The minimum Gasteiger partial charge on any atom is -0.369 e. The third-order valence-corrected chi connectivity index (χ3v) is 4.34. The minimum absolute atomic E-state index is 0.0661. The van der Waals surface area contributed by atoms with Crippen molar-refractivity contribution in [1.29, 1.82) is 0 Å². The quantitative estimate of drug-likeness (QED) is 0.774. The number of rotatable bonds is 3. The van der Waals surface area contributed by atoms with E-state index in [1.54, 1.807) is 0 Å². The van der Waals surface area contributed by atoms with Crippen molar-refractivity contribution in [2.75, 3.05) is 13.1 Å². The highest BCUT2D eigenvalue weighted by Crippen LogP contribution is 2.69. The summed E-state index contributed by atoms with van der Waals surface area (Å²) in [5, 5.41) is 3.47. The molecule has 0 aromatic heterocycles. The maximum Gasteiger partial charge on any atom is 0.0694 e. The zero-order valence-electron chi connectivity index (χ0n) is 10.8. The smallest absolute Gasteiger partial charge is 0.0694 e. The molecular formula is C13H25NO. The van der Waals surface area contributed by atoms with Gasteiger partial charge < -0.3 is 10.1 Å². The van der Waals surface area contributed by atoms with E-state index < -0.39 is 0 Å². The van der Waals surface area contributed by atoms with Crippen LogP contribution in [0.25, 0.3) is 0 Å². The van der Waals surface area contributed by atoms with Gasteiger partial charge in [0, 0.05) is 5.41 Å². The summed E-state index contributed by atoms with van der Waals surface area (Å²) in [5.74, 6) is 0.828. The maximum absolute atomic E-state index is 6.20. The van der Waals surface area contributed by atoms with E-state index >= 15 is 0 Å². The zero-order chi connectivity index (χ0) is 11.3. The van der Waals surface area contributed by atoms with Gasteiger partial charge in [0.05, 0.1) is 11.2 Å².